The second-order valence-electron chi connectivity index (χ2n) is 2.91. The van der Waals surface area contributed by atoms with E-state index in [1.807, 2.05) is 24.3 Å². The zero-order valence-corrected chi connectivity index (χ0v) is 6.95. The van der Waals surface area contributed by atoms with Crippen molar-refractivity contribution in [2.45, 2.75) is 6.04 Å². The molecule has 0 spiro atoms. The SMILES string of the molecule is O=C1Nc2ccccc2NC1CO. The molecule has 4 heteroatoms. The van der Waals surface area contributed by atoms with Crippen LogP contribution in [0, 0.1) is 0 Å². The molecule has 1 aromatic carbocycles. The first-order valence-electron chi connectivity index (χ1n) is 4.08. The summed E-state index contributed by atoms with van der Waals surface area (Å²) in [6.07, 6.45) is 0. The van der Waals surface area contributed by atoms with Gasteiger partial charge in [-0.25, -0.2) is 0 Å². The molecule has 0 radical (unpaired) electrons. The highest BCUT2D eigenvalue weighted by Gasteiger charge is 2.23. The molecular weight excluding hydrogens is 168 g/mol. The molecule has 1 aliphatic rings. The summed E-state index contributed by atoms with van der Waals surface area (Å²) >= 11 is 0. The third-order valence-electron chi connectivity index (χ3n) is 2.01. The maximum atomic E-state index is 11.3. The topological polar surface area (TPSA) is 61.4 Å². The van der Waals surface area contributed by atoms with Gasteiger partial charge in [0.05, 0.1) is 18.0 Å². The van der Waals surface area contributed by atoms with E-state index in [0.29, 0.717) is 0 Å². The van der Waals surface area contributed by atoms with Gasteiger partial charge in [0.25, 0.3) is 0 Å². The van der Waals surface area contributed by atoms with Gasteiger partial charge in [0.15, 0.2) is 0 Å². The highest BCUT2D eigenvalue weighted by atomic mass is 16.3. The van der Waals surface area contributed by atoms with Crippen molar-refractivity contribution in [3.05, 3.63) is 24.3 Å². The van der Waals surface area contributed by atoms with Gasteiger partial charge in [-0.2, -0.15) is 0 Å². The number of para-hydroxylation sites is 2. The molecule has 1 unspecified atom stereocenters. The van der Waals surface area contributed by atoms with Crippen LogP contribution < -0.4 is 10.6 Å². The molecule has 1 heterocycles. The van der Waals surface area contributed by atoms with Crippen molar-refractivity contribution in [2.24, 2.45) is 0 Å². The van der Waals surface area contributed by atoms with Crippen LogP contribution in [-0.2, 0) is 4.79 Å². The Kier molecular flexibility index (Phi) is 1.90. The normalized spacial score (nSPS) is 20.1. The maximum absolute atomic E-state index is 11.3. The molecule has 0 aliphatic carbocycles. The van der Waals surface area contributed by atoms with Gasteiger partial charge in [-0.15, -0.1) is 0 Å². The van der Waals surface area contributed by atoms with Crippen molar-refractivity contribution in [1.29, 1.82) is 0 Å². The minimum atomic E-state index is -0.533. The molecule has 0 saturated carbocycles. The number of anilines is 2. The molecule has 0 saturated heterocycles. The molecule has 1 amide bonds. The first-order chi connectivity index (χ1) is 6.31. The molecule has 1 aliphatic heterocycles. The van der Waals surface area contributed by atoms with Crippen LogP contribution in [0.4, 0.5) is 11.4 Å². The Morgan fingerprint density at radius 1 is 1.31 bits per heavy atom. The van der Waals surface area contributed by atoms with E-state index in [1.165, 1.54) is 0 Å². The average Bonchev–Trinajstić information content (AvgIpc) is 2.17. The first-order valence-corrected chi connectivity index (χ1v) is 4.08. The first kappa shape index (κ1) is 8.07. The van der Waals surface area contributed by atoms with Crippen molar-refractivity contribution in [1.82, 2.24) is 0 Å². The maximum Gasteiger partial charge on any atom is 0.249 e. The van der Waals surface area contributed by atoms with Gasteiger partial charge >= 0.3 is 0 Å². The van der Waals surface area contributed by atoms with Gasteiger partial charge in [0.1, 0.15) is 6.04 Å². The van der Waals surface area contributed by atoms with Gasteiger partial charge in [-0.05, 0) is 12.1 Å². The fourth-order valence-electron chi connectivity index (χ4n) is 1.32. The van der Waals surface area contributed by atoms with Crippen LogP contribution in [-0.4, -0.2) is 23.7 Å². The molecule has 68 valence electrons. The van der Waals surface area contributed by atoms with Crippen LogP contribution in [0.15, 0.2) is 24.3 Å². The van der Waals surface area contributed by atoms with Crippen LogP contribution >= 0.6 is 0 Å². The number of rotatable bonds is 1. The Balaban J connectivity index is 2.33. The Bertz CT molecular complexity index is 338. The molecule has 0 fully saturated rings. The second-order valence-corrected chi connectivity index (χ2v) is 2.91. The monoisotopic (exact) mass is 178 g/mol. The fourth-order valence-corrected chi connectivity index (χ4v) is 1.32. The van der Waals surface area contributed by atoms with Crippen LogP contribution in [0.5, 0.6) is 0 Å². The van der Waals surface area contributed by atoms with E-state index < -0.39 is 6.04 Å². The number of carbonyl (C=O) groups excluding carboxylic acids is 1. The minimum Gasteiger partial charge on any atom is -0.394 e. The summed E-state index contributed by atoms with van der Waals surface area (Å²) in [6, 6.07) is 6.86. The molecule has 4 nitrogen and oxygen atoms in total. The summed E-state index contributed by atoms with van der Waals surface area (Å²) < 4.78 is 0. The number of fused-ring (bicyclic) bond motifs is 1. The highest BCUT2D eigenvalue weighted by Crippen LogP contribution is 2.25. The third kappa shape index (κ3) is 1.36. The zero-order valence-electron chi connectivity index (χ0n) is 6.95. The molecule has 0 bridgehead atoms. The number of nitrogens with one attached hydrogen (secondary N) is 2. The Hall–Kier alpha value is -1.55. The predicted octanol–water partition coefficient (Wildman–Crippen LogP) is 0.411. The van der Waals surface area contributed by atoms with Crippen molar-refractivity contribution < 1.29 is 9.90 Å². The lowest BCUT2D eigenvalue weighted by molar-refractivity contribution is -0.117. The van der Waals surface area contributed by atoms with Crippen molar-refractivity contribution in [2.75, 3.05) is 17.2 Å². The Labute approximate surface area is 75.6 Å². The van der Waals surface area contributed by atoms with Crippen LogP contribution in [0.2, 0.25) is 0 Å². The van der Waals surface area contributed by atoms with E-state index in [9.17, 15) is 4.79 Å². The molecule has 1 aromatic rings. The number of benzene rings is 1. The quantitative estimate of drug-likeness (QED) is 0.583. The number of hydrogen-bond acceptors (Lipinski definition) is 3. The van der Waals surface area contributed by atoms with E-state index in [1.54, 1.807) is 0 Å². The summed E-state index contributed by atoms with van der Waals surface area (Å²) in [7, 11) is 0. The standard InChI is InChI=1S/C9H10N2O2/c12-5-8-9(13)11-7-4-2-1-3-6(7)10-8/h1-4,8,10,12H,5H2,(H,11,13). The predicted molar refractivity (Wildman–Crippen MR) is 49.6 cm³/mol. The lowest BCUT2D eigenvalue weighted by atomic mass is 10.1. The summed E-state index contributed by atoms with van der Waals surface area (Å²) in [5.41, 5.74) is 1.61. The summed E-state index contributed by atoms with van der Waals surface area (Å²) in [6.45, 7) is -0.194. The number of aliphatic hydroxyl groups is 1. The van der Waals surface area contributed by atoms with Gasteiger partial charge in [0, 0.05) is 0 Å². The van der Waals surface area contributed by atoms with Crippen LogP contribution in [0.1, 0.15) is 0 Å². The molecule has 1 atom stereocenters. The fraction of sp³-hybridized carbons (Fsp3) is 0.222. The lowest BCUT2D eigenvalue weighted by Gasteiger charge is -2.25. The van der Waals surface area contributed by atoms with Crippen molar-refractivity contribution in [3.8, 4) is 0 Å². The van der Waals surface area contributed by atoms with Crippen LogP contribution in [0.3, 0.4) is 0 Å². The van der Waals surface area contributed by atoms with Gasteiger partial charge in [-0.1, -0.05) is 12.1 Å². The summed E-state index contributed by atoms with van der Waals surface area (Å²) in [5.74, 6) is -0.193. The van der Waals surface area contributed by atoms with Gasteiger partial charge in [0.2, 0.25) is 5.91 Å². The van der Waals surface area contributed by atoms with Gasteiger partial charge in [-0.3, -0.25) is 4.79 Å². The molecule has 13 heavy (non-hydrogen) atoms. The van der Waals surface area contributed by atoms with E-state index in [0.717, 1.165) is 11.4 Å². The Morgan fingerprint density at radius 3 is 2.69 bits per heavy atom. The zero-order chi connectivity index (χ0) is 9.26. The van der Waals surface area contributed by atoms with E-state index in [-0.39, 0.29) is 12.5 Å². The number of hydrogen-bond donors (Lipinski definition) is 3. The van der Waals surface area contributed by atoms with Crippen LogP contribution in [0.25, 0.3) is 0 Å². The highest BCUT2D eigenvalue weighted by molar-refractivity contribution is 6.02. The van der Waals surface area contributed by atoms with E-state index in [4.69, 9.17) is 5.11 Å². The molecule has 0 aromatic heterocycles. The molecule has 2 rings (SSSR count). The second kappa shape index (κ2) is 3.06. The third-order valence-corrected chi connectivity index (χ3v) is 2.01. The minimum absolute atomic E-state index is 0.193. The van der Waals surface area contributed by atoms with Crippen molar-refractivity contribution >= 4 is 17.3 Å². The number of amides is 1. The smallest absolute Gasteiger partial charge is 0.249 e. The van der Waals surface area contributed by atoms with E-state index in [2.05, 4.69) is 10.6 Å². The largest absolute Gasteiger partial charge is 0.394 e. The summed E-state index contributed by atoms with van der Waals surface area (Å²) in [4.78, 5) is 11.3. The molecular formula is C9H10N2O2. The van der Waals surface area contributed by atoms with Crippen molar-refractivity contribution in [3.63, 3.8) is 0 Å². The van der Waals surface area contributed by atoms with Gasteiger partial charge < -0.3 is 15.7 Å². The van der Waals surface area contributed by atoms with E-state index >= 15 is 0 Å². The Morgan fingerprint density at radius 2 is 2.00 bits per heavy atom. The average molecular weight is 178 g/mol. The lowest BCUT2D eigenvalue weighted by Crippen LogP contribution is -2.41. The summed E-state index contributed by atoms with van der Waals surface area (Å²) in [5, 5.41) is 14.5. The number of carbonyl (C=O) groups is 1. The number of aliphatic hydroxyl groups excluding tert-OH is 1. The molecule has 3 N–H and O–H groups in total.